The van der Waals surface area contributed by atoms with E-state index in [1.165, 1.54) is 0 Å². The van der Waals surface area contributed by atoms with Crippen LogP contribution in [0.2, 0.25) is 0 Å². The maximum atomic E-state index is 12.8. The van der Waals surface area contributed by atoms with Gasteiger partial charge in [-0.05, 0) is 63.1 Å². The van der Waals surface area contributed by atoms with Crippen molar-refractivity contribution >= 4 is 17.6 Å². The van der Waals surface area contributed by atoms with Crippen LogP contribution in [0.3, 0.4) is 0 Å². The van der Waals surface area contributed by atoms with Crippen molar-refractivity contribution in [3.63, 3.8) is 0 Å². The molecule has 0 aliphatic carbocycles. The molecule has 6 heteroatoms. The van der Waals surface area contributed by atoms with Crippen LogP contribution < -0.4 is 10.1 Å². The Hall–Kier alpha value is -3.15. The number of carbonyl (C=O) groups is 3. The van der Waals surface area contributed by atoms with Gasteiger partial charge in [0.05, 0.1) is 7.11 Å². The Bertz CT molecular complexity index is 915. The maximum absolute atomic E-state index is 12.8. The van der Waals surface area contributed by atoms with Crippen LogP contribution >= 0.6 is 0 Å². The molecule has 2 amide bonds. The first-order chi connectivity index (χ1) is 14.4. The first-order valence-electron chi connectivity index (χ1n) is 10.2. The van der Waals surface area contributed by atoms with E-state index in [-0.39, 0.29) is 23.5 Å². The summed E-state index contributed by atoms with van der Waals surface area (Å²) in [5.41, 5.74) is 2.20. The Morgan fingerprint density at radius 3 is 2.30 bits per heavy atom. The third-order valence-electron chi connectivity index (χ3n) is 5.55. The number of ether oxygens (including phenoxy) is 1. The molecule has 158 valence electrons. The summed E-state index contributed by atoms with van der Waals surface area (Å²) in [6.45, 7) is 4.64. The van der Waals surface area contributed by atoms with E-state index in [4.69, 9.17) is 4.74 Å². The molecule has 0 bridgehead atoms. The Labute approximate surface area is 177 Å². The molecule has 1 atom stereocenters. The van der Waals surface area contributed by atoms with Gasteiger partial charge < -0.3 is 15.0 Å². The zero-order chi connectivity index (χ0) is 21.7. The highest BCUT2D eigenvalue weighted by Gasteiger charge is 2.30. The lowest BCUT2D eigenvalue weighted by Crippen LogP contribution is -2.49. The standard InChI is InChI=1S/C24H28N2O4/c1-16-5-4-6-20(15-16)23(28)25-17(2)24(29)26-13-11-19(12-14-26)22(27)18-7-9-21(30-3)10-8-18/h4-10,15,17,19H,11-14H2,1-3H3,(H,25,28)/t17-/m0/s1. The molecule has 0 unspecified atom stereocenters. The van der Waals surface area contributed by atoms with Crippen LogP contribution in [-0.2, 0) is 4.79 Å². The van der Waals surface area contributed by atoms with Gasteiger partial charge in [-0.1, -0.05) is 17.7 Å². The number of amides is 2. The topological polar surface area (TPSA) is 75.7 Å². The van der Waals surface area contributed by atoms with Gasteiger partial charge in [0, 0.05) is 30.1 Å². The van der Waals surface area contributed by atoms with Crippen LogP contribution in [0.5, 0.6) is 5.75 Å². The summed E-state index contributed by atoms with van der Waals surface area (Å²) in [7, 11) is 1.59. The minimum absolute atomic E-state index is 0.0976. The second kappa shape index (κ2) is 9.57. The first kappa shape index (κ1) is 21.6. The van der Waals surface area contributed by atoms with Crippen LogP contribution in [0.1, 0.15) is 46.0 Å². The number of ketones is 1. The number of aryl methyl sites for hydroxylation is 1. The SMILES string of the molecule is COc1ccc(C(=O)C2CCN(C(=O)[C@H](C)NC(=O)c3cccc(C)c3)CC2)cc1. The predicted octanol–water partition coefficient (Wildman–Crippen LogP) is 3.24. The molecule has 0 saturated carbocycles. The van der Waals surface area contributed by atoms with Crippen molar-refractivity contribution < 1.29 is 19.1 Å². The number of rotatable bonds is 6. The fraction of sp³-hybridized carbons (Fsp3) is 0.375. The summed E-state index contributed by atoms with van der Waals surface area (Å²) in [4.78, 5) is 39.6. The van der Waals surface area contributed by atoms with Gasteiger partial charge in [-0.3, -0.25) is 14.4 Å². The highest BCUT2D eigenvalue weighted by Crippen LogP contribution is 2.23. The number of piperidine rings is 1. The molecular formula is C24H28N2O4. The monoisotopic (exact) mass is 408 g/mol. The Morgan fingerprint density at radius 2 is 1.70 bits per heavy atom. The van der Waals surface area contributed by atoms with Gasteiger partial charge >= 0.3 is 0 Å². The summed E-state index contributed by atoms with van der Waals surface area (Å²) < 4.78 is 5.13. The Balaban J connectivity index is 1.52. The average molecular weight is 408 g/mol. The van der Waals surface area contributed by atoms with E-state index in [0.717, 1.165) is 5.56 Å². The van der Waals surface area contributed by atoms with Crippen molar-refractivity contribution in [2.45, 2.75) is 32.7 Å². The lowest BCUT2D eigenvalue weighted by atomic mass is 9.88. The molecule has 1 aliphatic rings. The highest BCUT2D eigenvalue weighted by molar-refractivity contribution is 5.99. The van der Waals surface area contributed by atoms with Gasteiger partial charge in [0.25, 0.3) is 5.91 Å². The van der Waals surface area contributed by atoms with Crippen molar-refractivity contribution in [2.24, 2.45) is 5.92 Å². The summed E-state index contributed by atoms with van der Waals surface area (Å²) in [5, 5.41) is 2.78. The molecule has 2 aromatic rings. The van der Waals surface area contributed by atoms with Crippen molar-refractivity contribution in [1.29, 1.82) is 0 Å². The molecule has 0 aromatic heterocycles. The van der Waals surface area contributed by atoms with Gasteiger partial charge in [0.15, 0.2) is 5.78 Å². The molecule has 1 fully saturated rings. The smallest absolute Gasteiger partial charge is 0.251 e. The summed E-state index contributed by atoms with van der Waals surface area (Å²) in [5.74, 6) is 0.342. The van der Waals surface area contributed by atoms with Gasteiger partial charge in [0.2, 0.25) is 5.91 Å². The molecule has 1 saturated heterocycles. The number of Topliss-reactive ketones (excluding diaryl/α,β-unsaturated/α-hetero) is 1. The number of methoxy groups -OCH3 is 1. The van der Waals surface area contributed by atoms with Crippen LogP contribution in [-0.4, -0.2) is 48.7 Å². The van der Waals surface area contributed by atoms with E-state index in [1.807, 2.05) is 19.1 Å². The summed E-state index contributed by atoms with van der Waals surface area (Å²) >= 11 is 0. The molecule has 1 N–H and O–H groups in total. The van der Waals surface area contributed by atoms with E-state index >= 15 is 0 Å². The van der Waals surface area contributed by atoms with Crippen LogP contribution in [0, 0.1) is 12.8 Å². The third kappa shape index (κ3) is 5.06. The molecule has 1 aliphatic heterocycles. The van der Waals surface area contributed by atoms with E-state index in [2.05, 4.69) is 5.32 Å². The molecule has 3 rings (SSSR count). The lowest BCUT2D eigenvalue weighted by molar-refractivity contribution is -0.134. The number of hydrogen-bond donors (Lipinski definition) is 1. The molecular weight excluding hydrogens is 380 g/mol. The zero-order valence-electron chi connectivity index (χ0n) is 17.7. The van der Waals surface area contributed by atoms with Crippen LogP contribution in [0.15, 0.2) is 48.5 Å². The second-order valence-electron chi connectivity index (χ2n) is 7.76. The largest absolute Gasteiger partial charge is 0.497 e. The van der Waals surface area contributed by atoms with Gasteiger partial charge in [-0.25, -0.2) is 0 Å². The van der Waals surface area contributed by atoms with Gasteiger partial charge in [-0.2, -0.15) is 0 Å². The molecule has 2 aromatic carbocycles. The third-order valence-corrected chi connectivity index (χ3v) is 5.55. The summed E-state index contributed by atoms with van der Waals surface area (Å²) in [6, 6.07) is 13.8. The van der Waals surface area contributed by atoms with Gasteiger partial charge in [-0.15, -0.1) is 0 Å². The number of likely N-dealkylation sites (tertiary alicyclic amines) is 1. The van der Waals surface area contributed by atoms with Crippen LogP contribution in [0.4, 0.5) is 0 Å². The lowest BCUT2D eigenvalue weighted by Gasteiger charge is -2.33. The summed E-state index contributed by atoms with van der Waals surface area (Å²) in [6.07, 6.45) is 1.24. The molecule has 0 spiro atoms. The second-order valence-corrected chi connectivity index (χ2v) is 7.76. The van der Waals surface area contributed by atoms with Gasteiger partial charge in [0.1, 0.15) is 11.8 Å². The Morgan fingerprint density at radius 1 is 1.03 bits per heavy atom. The van der Waals surface area contributed by atoms with Crippen LogP contribution in [0.25, 0.3) is 0 Å². The number of nitrogens with one attached hydrogen (secondary N) is 1. The average Bonchev–Trinajstić information content (AvgIpc) is 2.78. The first-order valence-corrected chi connectivity index (χ1v) is 10.2. The quantitative estimate of drug-likeness (QED) is 0.745. The maximum Gasteiger partial charge on any atom is 0.251 e. The van der Waals surface area contributed by atoms with E-state index < -0.39 is 6.04 Å². The minimum atomic E-state index is -0.619. The highest BCUT2D eigenvalue weighted by atomic mass is 16.5. The Kier molecular flexibility index (Phi) is 6.87. The molecule has 1 heterocycles. The number of benzene rings is 2. The van der Waals surface area contributed by atoms with Crippen molar-refractivity contribution in [3.05, 3.63) is 65.2 Å². The van der Waals surface area contributed by atoms with E-state index in [9.17, 15) is 14.4 Å². The van der Waals surface area contributed by atoms with E-state index in [1.54, 1.807) is 55.3 Å². The van der Waals surface area contributed by atoms with Crippen molar-refractivity contribution in [2.75, 3.05) is 20.2 Å². The number of carbonyl (C=O) groups excluding carboxylic acids is 3. The van der Waals surface area contributed by atoms with Crippen molar-refractivity contribution in [1.82, 2.24) is 10.2 Å². The normalized spacial score (nSPS) is 15.4. The fourth-order valence-electron chi connectivity index (χ4n) is 3.75. The number of hydrogen-bond acceptors (Lipinski definition) is 4. The van der Waals surface area contributed by atoms with E-state index in [0.29, 0.717) is 42.8 Å². The zero-order valence-corrected chi connectivity index (χ0v) is 17.7. The fourth-order valence-corrected chi connectivity index (χ4v) is 3.75. The minimum Gasteiger partial charge on any atom is -0.497 e. The molecule has 0 radical (unpaired) electrons. The molecule has 30 heavy (non-hydrogen) atoms. The number of nitrogens with zero attached hydrogens (tertiary/aromatic N) is 1. The predicted molar refractivity (Wildman–Crippen MR) is 115 cm³/mol. The molecule has 6 nitrogen and oxygen atoms in total. The van der Waals surface area contributed by atoms with Crippen molar-refractivity contribution in [3.8, 4) is 5.75 Å².